The average molecular weight is 537 g/mol. The minimum atomic E-state index is -0.129. The molecule has 0 unspecified atom stereocenters. The van der Waals surface area contributed by atoms with E-state index in [9.17, 15) is 4.79 Å². The van der Waals surface area contributed by atoms with Crippen LogP contribution in [0.25, 0.3) is 10.8 Å². The quantitative estimate of drug-likeness (QED) is 0.409. The Kier molecular flexibility index (Phi) is 7.79. The number of carbonyl (C=O) groups excluding carboxylic acids is 1. The molecule has 0 spiro atoms. The van der Waals surface area contributed by atoms with Gasteiger partial charge in [-0.25, -0.2) is 0 Å². The van der Waals surface area contributed by atoms with Gasteiger partial charge in [-0.15, -0.1) is 0 Å². The number of amides is 1. The predicted octanol–water partition coefficient (Wildman–Crippen LogP) is 5.43. The molecule has 0 aliphatic carbocycles. The van der Waals surface area contributed by atoms with E-state index in [1.165, 1.54) is 0 Å². The van der Waals surface area contributed by atoms with Crippen LogP contribution in [0, 0.1) is 0 Å². The number of benzene rings is 3. The highest BCUT2D eigenvalue weighted by molar-refractivity contribution is 9.09. The van der Waals surface area contributed by atoms with Crippen LogP contribution in [0.1, 0.15) is 10.4 Å². The lowest BCUT2D eigenvalue weighted by Crippen LogP contribution is -2.48. The Labute approximate surface area is 206 Å². The summed E-state index contributed by atoms with van der Waals surface area (Å²) in [5.74, 6) is 0.473. The molecule has 1 heterocycles. The summed E-state index contributed by atoms with van der Waals surface area (Å²) < 4.78 is 5.76. The zero-order valence-corrected chi connectivity index (χ0v) is 20.6. The van der Waals surface area contributed by atoms with Gasteiger partial charge in [-0.2, -0.15) is 0 Å². The van der Waals surface area contributed by atoms with E-state index in [-0.39, 0.29) is 5.91 Å². The van der Waals surface area contributed by atoms with Crippen molar-refractivity contribution in [3.8, 4) is 5.75 Å². The minimum Gasteiger partial charge on any atom is -0.481 e. The van der Waals surface area contributed by atoms with Crippen LogP contribution in [0.15, 0.2) is 54.6 Å². The molecule has 4 rings (SSSR count). The Morgan fingerprint density at radius 1 is 1.00 bits per heavy atom. The van der Waals surface area contributed by atoms with Gasteiger partial charge in [-0.3, -0.25) is 9.69 Å². The number of anilines is 1. The molecule has 3 aromatic carbocycles. The third kappa shape index (κ3) is 5.15. The van der Waals surface area contributed by atoms with E-state index in [1.807, 2.05) is 48.5 Å². The normalized spacial score (nSPS) is 14.5. The smallest absolute Gasteiger partial charge is 0.255 e. The molecule has 5 nitrogen and oxygen atoms in total. The van der Waals surface area contributed by atoms with Crippen LogP contribution in [-0.4, -0.2) is 55.6 Å². The molecule has 1 N–H and O–H groups in total. The molecule has 8 heteroatoms. The van der Waals surface area contributed by atoms with Gasteiger partial charge in [0.2, 0.25) is 0 Å². The summed E-state index contributed by atoms with van der Waals surface area (Å²) in [4.78, 5) is 17.5. The van der Waals surface area contributed by atoms with E-state index in [4.69, 9.17) is 27.9 Å². The summed E-state index contributed by atoms with van der Waals surface area (Å²) in [6, 6.07) is 17.4. The molecule has 1 amide bonds. The van der Waals surface area contributed by atoms with Crippen molar-refractivity contribution in [2.45, 2.75) is 0 Å². The summed E-state index contributed by atoms with van der Waals surface area (Å²) >= 11 is 15.8. The van der Waals surface area contributed by atoms with Crippen molar-refractivity contribution < 1.29 is 9.53 Å². The first-order valence-electron chi connectivity index (χ1n) is 10.5. The van der Waals surface area contributed by atoms with Crippen molar-refractivity contribution in [3.05, 3.63) is 70.2 Å². The van der Waals surface area contributed by atoms with Gasteiger partial charge in [0.25, 0.3) is 5.91 Å². The first-order chi connectivity index (χ1) is 15.6. The fourth-order valence-corrected chi connectivity index (χ4v) is 4.65. The SMILES string of the molecule is O=C(NCCN1CCN(c2cccc(Cl)c2Cl)CC1)c1ccc2ccccc2c1OCBr. The van der Waals surface area contributed by atoms with E-state index < -0.39 is 0 Å². The van der Waals surface area contributed by atoms with Gasteiger partial charge in [-0.1, -0.05) is 59.6 Å². The van der Waals surface area contributed by atoms with Crippen molar-refractivity contribution >= 4 is 61.5 Å². The largest absolute Gasteiger partial charge is 0.481 e. The summed E-state index contributed by atoms with van der Waals surface area (Å²) in [7, 11) is 0. The third-order valence-corrected chi connectivity index (χ3v) is 6.72. The van der Waals surface area contributed by atoms with E-state index in [2.05, 4.69) is 31.0 Å². The fourth-order valence-electron chi connectivity index (χ4n) is 4.00. The van der Waals surface area contributed by atoms with Gasteiger partial charge < -0.3 is 15.0 Å². The van der Waals surface area contributed by atoms with Crippen molar-refractivity contribution in [3.63, 3.8) is 0 Å². The highest BCUT2D eigenvalue weighted by atomic mass is 79.9. The molecule has 0 aromatic heterocycles. The van der Waals surface area contributed by atoms with Gasteiger partial charge in [0.15, 0.2) is 0 Å². The van der Waals surface area contributed by atoms with Crippen LogP contribution in [0.3, 0.4) is 0 Å². The molecule has 1 fully saturated rings. The van der Waals surface area contributed by atoms with Gasteiger partial charge in [0.1, 0.15) is 11.3 Å². The topological polar surface area (TPSA) is 44.8 Å². The van der Waals surface area contributed by atoms with E-state index in [0.29, 0.717) is 33.4 Å². The molecule has 0 saturated carbocycles. The number of fused-ring (bicyclic) bond motifs is 1. The number of hydrogen-bond donors (Lipinski definition) is 1. The maximum Gasteiger partial charge on any atom is 0.255 e. The van der Waals surface area contributed by atoms with E-state index in [0.717, 1.165) is 49.2 Å². The Hall–Kier alpha value is -1.99. The summed E-state index contributed by atoms with van der Waals surface area (Å²) in [5, 5.41) is 6.19. The maximum absolute atomic E-state index is 12.9. The highest BCUT2D eigenvalue weighted by Crippen LogP contribution is 2.33. The summed E-state index contributed by atoms with van der Waals surface area (Å²) in [5.41, 5.74) is 1.84. The standard InChI is InChI=1S/C24H24BrCl2N3O2/c25-16-32-23-18-5-2-1-4-17(18)8-9-19(23)24(31)28-10-11-29-12-14-30(15-13-29)21-7-3-6-20(26)22(21)27/h1-9H,10-16H2,(H,28,31). The predicted molar refractivity (Wildman–Crippen MR) is 136 cm³/mol. The van der Waals surface area contributed by atoms with Crippen LogP contribution >= 0.6 is 39.1 Å². The molecule has 0 bridgehead atoms. The molecule has 1 aliphatic heterocycles. The van der Waals surface area contributed by atoms with E-state index >= 15 is 0 Å². The Morgan fingerprint density at radius 2 is 1.78 bits per heavy atom. The second kappa shape index (κ2) is 10.8. The minimum absolute atomic E-state index is 0.129. The van der Waals surface area contributed by atoms with Crippen LogP contribution in [0.5, 0.6) is 5.75 Å². The Morgan fingerprint density at radius 3 is 2.56 bits per heavy atom. The zero-order chi connectivity index (χ0) is 22.5. The van der Waals surface area contributed by atoms with Gasteiger partial charge in [-0.05, 0) is 39.5 Å². The zero-order valence-electron chi connectivity index (χ0n) is 17.5. The first-order valence-corrected chi connectivity index (χ1v) is 12.4. The van der Waals surface area contributed by atoms with Crippen LogP contribution in [0.2, 0.25) is 10.0 Å². The number of halogens is 3. The number of rotatable bonds is 7. The van der Waals surface area contributed by atoms with Crippen LogP contribution in [0.4, 0.5) is 5.69 Å². The Bertz CT molecular complexity index is 1100. The molecule has 168 valence electrons. The highest BCUT2D eigenvalue weighted by Gasteiger charge is 2.20. The Balaban J connectivity index is 1.32. The second-order valence-corrected chi connectivity index (χ2v) is 8.82. The number of nitrogens with one attached hydrogen (secondary N) is 1. The molecule has 0 atom stereocenters. The number of hydrogen-bond acceptors (Lipinski definition) is 4. The molecule has 32 heavy (non-hydrogen) atoms. The van der Waals surface area contributed by atoms with Crippen LogP contribution in [-0.2, 0) is 0 Å². The molecular weight excluding hydrogens is 513 g/mol. The molecule has 1 aliphatic rings. The molecule has 0 radical (unpaired) electrons. The number of nitrogens with zero attached hydrogens (tertiary/aromatic N) is 2. The number of piperazine rings is 1. The second-order valence-electron chi connectivity index (χ2n) is 7.57. The van der Waals surface area contributed by atoms with Crippen molar-refractivity contribution in [1.82, 2.24) is 10.2 Å². The van der Waals surface area contributed by atoms with Crippen molar-refractivity contribution in [2.75, 3.05) is 49.7 Å². The lowest BCUT2D eigenvalue weighted by atomic mass is 10.0. The maximum atomic E-state index is 12.9. The number of carbonyl (C=O) groups is 1. The average Bonchev–Trinajstić information content (AvgIpc) is 2.82. The van der Waals surface area contributed by atoms with Gasteiger partial charge >= 0.3 is 0 Å². The fraction of sp³-hybridized carbons (Fsp3) is 0.292. The summed E-state index contributed by atoms with van der Waals surface area (Å²) in [6.07, 6.45) is 0. The lowest BCUT2D eigenvalue weighted by molar-refractivity contribution is 0.0945. The van der Waals surface area contributed by atoms with Gasteiger partial charge in [0, 0.05) is 44.7 Å². The molecular formula is C24H24BrCl2N3O2. The van der Waals surface area contributed by atoms with Crippen molar-refractivity contribution in [2.24, 2.45) is 0 Å². The number of alkyl halides is 1. The van der Waals surface area contributed by atoms with Crippen molar-refractivity contribution in [1.29, 1.82) is 0 Å². The first kappa shape index (κ1) is 23.2. The third-order valence-electron chi connectivity index (χ3n) is 5.68. The van der Waals surface area contributed by atoms with Crippen LogP contribution < -0.4 is 15.0 Å². The molecule has 3 aromatic rings. The number of ether oxygens (including phenoxy) is 1. The molecule has 1 saturated heterocycles. The van der Waals surface area contributed by atoms with E-state index in [1.54, 1.807) is 6.07 Å². The summed E-state index contributed by atoms with van der Waals surface area (Å²) in [6.45, 7) is 4.87. The monoisotopic (exact) mass is 535 g/mol. The van der Waals surface area contributed by atoms with Gasteiger partial charge in [0.05, 0.1) is 21.3 Å². The lowest BCUT2D eigenvalue weighted by Gasteiger charge is -2.36.